The summed E-state index contributed by atoms with van der Waals surface area (Å²) in [7, 11) is 0. The maximum atomic E-state index is 13.1. The van der Waals surface area contributed by atoms with E-state index in [2.05, 4.69) is 141 Å². The fourth-order valence-corrected chi connectivity index (χ4v) is 26.1. The van der Waals surface area contributed by atoms with Gasteiger partial charge in [0, 0.05) is 164 Å². The van der Waals surface area contributed by atoms with Crippen molar-refractivity contribution in [2.75, 3.05) is 161 Å². The molecule has 9 fully saturated rings. The molecule has 10 aromatic rings. The third kappa shape index (κ3) is 23.7. The number of hydrogen-bond donors (Lipinski definition) is 11. The van der Waals surface area contributed by atoms with Crippen molar-refractivity contribution >= 4 is 193 Å². The average molecular weight is 2110 g/mol. The van der Waals surface area contributed by atoms with Crippen molar-refractivity contribution in [1.29, 1.82) is 0 Å². The molecule has 10 aliphatic rings. The van der Waals surface area contributed by atoms with E-state index < -0.39 is 11.9 Å². The van der Waals surface area contributed by atoms with Crippen molar-refractivity contribution < 1.29 is 27.4 Å². The Bertz CT molecular complexity index is 5600. The molecule has 0 aromatic carbocycles. The molecule has 2 aliphatic carbocycles. The first kappa shape index (κ1) is 104. The molecule has 2 saturated carbocycles. The van der Waals surface area contributed by atoms with E-state index in [1.54, 1.807) is 61.4 Å². The molecule has 22 N–H and O–H groups in total. The molecule has 20 rings (SSSR count). The van der Waals surface area contributed by atoms with Gasteiger partial charge in [-0.3, -0.25) is 9.98 Å². The number of nitrogens with two attached hydrogens (primary N) is 11. The fraction of sp³-hybridized carbons (Fsp3) is 0.511. The number of anilines is 14. The highest BCUT2D eigenvalue weighted by Crippen LogP contribution is 2.56. The van der Waals surface area contributed by atoms with Crippen molar-refractivity contribution in [2.45, 2.75) is 224 Å². The zero-order chi connectivity index (χ0) is 100. The SMILES string of the molecule is CC1=NCC2(CCN(c3cnc(Sc4cccnc4C(F)(F)F)c(N)n3)CC2)O1.C[C@@H]1C[C@@H](C)C2(CCN(c3cnc(Sc4ccnc(N)c4Cl)c(N)n3)CC2)C1.C[C@@H]1OCC2(CCN(c3cnc(Sc4ccnc(N)c4Cl)c(N)n3)CC2)[C@@H]1N.C[C@H]1C[C@@H](C)C2(CCN(c3cnc(Sc4ccnc(N)c4Cl)c(N)n3)CC2)C1.C[C@H]1OCC2(CCN(c3cnc(Sc4ccnc(N)c4Cl)c(N)n3)CC2)[C@@H]1N. The van der Waals surface area contributed by atoms with Crippen LogP contribution in [0.3, 0.4) is 0 Å². The Morgan fingerprint density at radius 1 is 0.362 bits per heavy atom. The molecule has 0 amide bonds. The first-order valence-corrected chi connectivity index (χ1v) is 52.7. The Morgan fingerprint density at radius 3 is 0.879 bits per heavy atom. The summed E-state index contributed by atoms with van der Waals surface area (Å²) in [5.74, 6) is 10.7. The number of alkyl halides is 3. The third-order valence-corrected chi connectivity index (χ3v) is 36.8. The normalized spacial score (nSPS) is 22.9. The summed E-state index contributed by atoms with van der Waals surface area (Å²) in [6, 6.07) is 10.1. The molecule has 8 atom stereocenters. The minimum Gasteiger partial charge on any atom is -0.473 e. The van der Waals surface area contributed by atoms with Crippen LogP contribution >= 0.6 is 105 Å². The Kier molecular flexibility index (Phi) is 32.6. The number of halogens is 7. The van der Waals surface area contributed by atoms with E-state index in [1.165, 1.54) is 117 Å². The summed E-state index contributed by atoms with van der Waals surface area (Å²) in [5.41, 5.74) is 66.6. The number of aliphatic imine (C=N–C) groups is 1. The first-order chi connectivity index (χ1) is 67.3. The minimum atomic E-state index is -4.56. The summed E-state index contributed by atoms with van der Waals surface area (Å²) in [6.45, 7) is 26.7. The number of rotatable bonds is 15. The monoisotopic (exact) mass is 2100 g/mol. The van der Waals surface area contributed by atoms with Crippen molar-refractivity contribution in [3.05, 3.63) is 124 Å². The lowest BCUT2D eigenvalue weighted by molar-refractivity contribution is -0.143. The van der Waals surface area contributed by atoms with Crippen LogP contribution in [0.1, 0.15) is 144 Å². The third-order valence-electron chi connectivity index (χ3n) is 29.4. The standard InChI is InChI=1S/2C20H27ClN6S.2C18H24ClN7OS.C18H19F3N6OS/c2*1-12-9-13(2)20(10-12)4-7-27(8-5-20)15-11-25-19(18(23)26-15)28-14-3-6-24-17(22)16(14)21;2*1-10-14(20)18(9-27-10)3-6-26(7-4-18)12-8-24-17(16(22)25-12)28-11-2-5-23-15(21)13(11)19;1-11-25-10-17(28-11)4-7-27(8-5-17)13-9-24-16(15(22)26-13)29-12-3-2-6-23-14(12)18(19,20)21/h2*3,6,11-13H,4-5,7-10H2,1-2H3,(H2,22,24)(H2,23,26);2*2,5,8,10,14H,3-4,6-7,9,20H2,1H3,(H2,21,23)(H2,22,25);2-3,6,9H,4-5,7-8,10H2,1H3,(H2,22,26)/t12-,13+;12-,13-;10-,14+;10-,14-;/m0101./s1. The largest absolute Gasteiger partial charge is 0.473 e. The Labute approximate surface area is 859 Å². The predicted octanol–water partition coefficient (Wildman–Crippen LogP) is 16.7. The van der Waals surface area contributed by atoms with Gasteiger partial charge in [0.1, 0.15) is 83.1 Å². The summed E-state index contributed by atoms with van der Waals surface area (Å²) >= 11 is 31.0. The molecule has 7 saturated heterocycles. The Morgan fingerprint density at radius 2 is 0.638 bits per heavy atom. The molecule has 754 valence electrons. The van der Waals surface area contributed by atoms with Crippen LogP contribution in [-0.4, -0.2) is 196 Å². The topological polar surface area (TPSA) is 536 Å². The van der Waals surface area contributed by atoms with Gasteiger partial charge in [-0.25, -0.2) is 69.8 Å². The van der Waals surface area contributed by atoms with Crippen LogP contribution in [-0.2, 0) is 20.4 Å². The zero-order valence-electron chi connectivity index (χ0n) is 79.6. The highest BCUT2D eigenvalue weighted by Gasteiger charge is 2.52. The number of ether oxygens (including phenoxy) is 3. The summed E-state index contributed by atoms with van der Waals surface area (Å²) in [6.07, 6.45) is 27.8. The summed E-state index contributed by atoms with van der Waals surface area (Å²) in [5, 5.41) is 4.26. The van der Waals surface area contributed by atoms with E-state index in [0.717, 1.165) is 194 Å². The van der Waals surface area contributed by atoms with Crippen molar-refractivity contribution in [1.82, 2.24) is 74.8 Å². The second-order valence-electron chi connectivity index (χ2n) is 38.5. The van der Waals surface area contributed by atoms with Crippen LogP contribution in [0.15, 0.2) is 153 Å². The van der Waals surface area contributed by atoms with E-state index in [9.17, 15) is 13.2 Å². The molecular formula is C94H121Cl4F3N32O3S5. The predicted molar refractivity (Wildman–Crippen MR) is 557 cm³/mol. The van der Waals surface area contributed by atoms with Crippen LogP contribution < -0.4 is 87.6 Å². The van der Waals surface area contributed by atoms with Gasteiger partial charge in [-0.05, 0) is 162 Å². The van der Waals surface area contributed by atoms with E-state index >= 15 is 0 Å². The molecule has 10 aromatic heterocycles. The second-order valence-corrected chi connectivity index (χ2v) is 45.1. The van der Waals surface area contributed by atoms with Gasteiger partial charge in [0.2, 0.25) is 0 Å². The molecule has 35 nitrogen and oxygen atoms in total. The molecule has 141 heavy (non-hydrogen) atoms. The van der Waals surface area contributed by atoms with Crippen LogP contribution in [0.2, 0.25) is 20.1 Å². The number of nitrogens with zero attached hydrogens (tertiary/aromatic N) is 21. The highest BCUT2D eigenvalue weighted by molar-refractivity contribution is 8.00. The quantitative estimate of drug-likeness (QED) is 0.0454. The fourth-order valence-electron chi connectivity index (χ4n) is 21.1. The van der Waals surface area contributed by atoms with Gasteiger partial charge in [0.25, 0.3) is 0 Å². The van der Waals surface area contributed by atoms with Gasteiger partial charge in [-0.15, -0.1) is 0 Å². The smallest absolute Gasteiger partial charge is 0.434 e. The number of pyridine rings is 5. The van der Waals surface area contributed by atoms with E-state index in [0.29, 0.717) is 111 Å². The maximum Gasteiger partial charge on any atom is 0.434 e. The second kappa shape index (κ2) is 44.1. The average Bonchev–Trinajstić information content (AvgIpc) is 1.47. The Balaban J connectivity index is 0.000000127. The van der Waals surface area contributed by atoms with Crippen LogP contribution in [0, 0.1) is 45.3 Å². The maximum absolute atomic E-state index is 13.1. The number of nitrogen functional groups attached to an aromatic ring is 9. The van der Waals surface area contributed by atoms with Gasteiger partial charge < -0.3 is 102 Å². The molecule has 0 radical (unpaired) electrons. The highest BCUT2D eigenvalue weighted by atomic mass is 35.5. The summed E-state index contributed by atoms with van der Waals surface area (Å²) in [4.78, 5) is 82.8. The van der Waals surface area contributed by atoms with Crippen molar-refractivity contribution in [3.8, 4) is 0 Å². The number of hydrogen-bond acceptors (Lipinski definition) is 40. The van der Waals surface area contributed by atoms with Gasteiger partial charge in [-0.1, -0.05) is 133 Å². The lowest BCUT2D eigenvalue weighted by Crippen LogP contribution is -2.50. The molecule has 0 unspecified atom stereocenters. The lowest BCUT2D eigenvalue weighted by atomic mass is 9.71. The van der Waals surface area contributed by atoms with E-state index in [4.69, 9.17) is 124 Å². The van der Waals surface area contributed by atoms with Gasteiger partial charge >= 0.3 is 6.18 Å². The Hall–Kier alpha value is -9.64. The molecule has 0 bridgehead atoms. The first-order valence-electron chi connectivity index (χ1n) is 47.1. The van der Waals surface area contributed by atoms with Crippen LogP contribution in [0.4, 0.5) is 94.6 Å². The van der Waals surface area contributed by atoms with Gasteiger partial charge in [0.05, 0.1) is 83.0 Å². The molecular weight excluding hydrogens is 1980 g/mol. The molecule has 47 heteroatoms. The minimum absolute atomic E-state index is 0.0672. The molecule has 8 aliphatic heterocycles. The number of aromatic nitrogens is 15. The lowest BCUT2D eigenvalue weighted by Gasteiger charge is -2.42. The van der Waals surface area contributed by atoms with Gasteiger partial charge in [-0.2, -0.15) is 13.2 Å². The van der Waals surface area contributed by atoms with Crippen LogP contribution in [0.5, 0.6) is 0 Å². The zero-order valence-corrected chi connectivity index (χ0v) is 86.7. The molecule has 5 spiro atoms. The van der Waals surface area contributed by atoms with Gasteiger partial charge in [0.15, 0.2) is 40.7 Å². The van der Waals surface area contributed by atoms with Crippen LogP contribution in [0.25, 0.3) is 0 Å². The summed E-state index contributed by atoms with van der Waals surface area (Å²) < 4.78 is 56.9. The van der Waals surface area contributed by atoms with E-state index in [-0.39, 0.29) is 68.1 Å². The van der Waals surface area contributed by atoms with Crippen molar-refractivity contribution in [3.63, 3.8) is 0 Å². The number of piperidine rings is 5. The van der Waals surface area contributed by atoms with Crippen molar-refractivity contribution in [2.24, 2.45) is 61.8 Å². The van der Waals surface area contributed by atoms with E-state index in [1.807, 2.05) is 24.2 Å². The molecule has 18 heterocycles.